The molecule has 0 fully saturated rings. The minimum Gasteiger partial charge on any atom is -0.403 e. The molecular weight excluding hydrogens is 375 g/mol. The van der Waals surface area contributed by atoms with Gasteiger partial charge in [-0.25, -0.2) is 19.1 Å². The molecule has 7 heteroatoms. The van der Waals surface area contributed by atoms with Gasteiger partial charge >= 0.3 is 5.63 Å². The highest BCUT2D eigenvalue weighted by atomic mass is 19.1. The molecule has 1 aliphatic rings. The van der Waals surface area contributed by atoms with Crippen LogP contribution in [0.3, 0.4) is 0 Å². The van der Waals surface area contributed by atoms with Gasteiger partial charge in [0, 0.05) is 5.56 Å². The predicted octanol–water partition coefficient (Wildman–Crippen LogP) is 3.79. The maximum Gasteiger partial charge on any atom is 0.347 e. The Kier molecular flexibility index (Phi) is 3.64. The number of para-hydroxylation sites is 1. The van der Waals surface area contributed by atoms with E-state index in [0.29, 0.717) is 16.5 Å². The number of hydrogen-bond donors (Lipinski definition) is 0. The molecule has 1 aliphatic heterocycles. The molecular formula is C22H11FN2O4. The standard InChI is InChI=1S/C22H11FN2O4/c23-13-6-8-14(9-7-13)25-20(26)15-10-5-12(11-17(15)21(25)27)19-24-18-4-2-1-3-16(18)22(28)29-19/h1-11H. The Balaban J connectivity index is 1.60. The van der Waals surface area contributed by atoms with Crippen molar-refractivity contribution in [3.8, 4) is 11.5 Å². The van der Waals surface area contributed by atoms with Crippen LogP contribution in [0.5, 0.6) is 0 Å². The van der Waals surface area contributed by atoms with Gasteiger partial charge < -0.3 is 4.42 Å². The van der Waals surface area contributed by atoms with Crippen molar-refractivity contribution in [1.82, 2.24) is 4.98 Å². The minimum atomic E-state index is -0.540. The molecule has 0 saturated carbocycles. The van der Waals surface area contributed by atoms with Gasteiger partial charge in [0.1, 0.15) is 5.82 Å². The number of imide groups is 1. The normalized spacial score (nSPS) is 13.2. The molecule has 3 aromatic carbocycles. The number of benzene rings is 3. The van der Waals surface area contributed by atoms with E-state index >= 15 is 0 Å². The van der Waals surface area contributed by atoms with E-state index in [1.165, 1.54) is 36.4 Å². The summed E-state index contributed by atoms with van der Waals surface area (Å²) in [6.07, 6.45) is 0. The molecule has 2 amide bonds. The highest BCUT2D eigenvalue weighted by Crippen LogP contribution is 2.31. The summed E-state index contributed by atoms with van der Waals surface area (Å²) in [5, 5.41) is 0.353. The molecule has 0 atom stereocenters. The Labute approximate surface area is 162 Å². The van der Waals surface area contributed by atoms with Crippen molar-refractivity contribution in [1.29, 1.82) is 0 Å². The average molecular weight is 386 g/mol. The quantitative estimate of drug-likeness (QED) is 0.490. The number of aromatic nitrogens is 1. The second-order valence-electron chi connectivity index (χ2n) is 6.51. The molecule has 0 bridgehead atoms. The first-order valence-corrected chi connectivity index (χ1v) is 8.71. The van der Waals surface area contributed by atoms with Crippen molar-refractivity contribution in [3.63, 3.8) is 0 Å². The Morgan fingerprint density at radius 1 is 0.828 bits per heavy atom. The SMILES string of the molecule is O=C1c2ccc(-c3nc4ccccc4c(=O)o3)cc2C(=O)N1c1ccc(F)cc1. The van der Waals surface area contributed by atoms with Gasteiger partial charge in [0.15, 0.2) is 0 Å². The Bertz CT molecular complexity index is 1380. The van der Waals surface area contributed by atoms with Gasteiger partial charge in [0.2, 0.25) is 5.89 Å². The number of halogens is 1. The van der Waals surface area contributed by atoms with E-state index in [1.54, 1.807) is 30.3 Å². The lowest BCUT2D eigenvalue weighted by molar-refractivity contribution is 0.0926. The second kappa shape index (κ2) is 6.20. The summed E-state index contributed by atoms with van der Waals surface area (Å²) < 4.78 is 18.5. The monoisotopic (exact) mass is 386 g/mol. The summed E-state index contributed by atoms with van der Waals surface area (Å²) in [4.78, 5) is 43.1. The topological polar surface area (TPSA) is 80.5 Å². The summed E-state index contributed by atoms with van der Waals surface area (Å²) >= 11 is 0. The highest BCUT2D eigenvalue weighted by molar-refractivity contribution is 6.34. The number of nitrogens with zero attached hydrogens (tertiary/aromatic N) is 2. The van der Waals surface area contributed by atoms with Crippen molar-refractivity contribution in [3.05, 3.63) is 94.1 Å². The van der Waals surface area contributed by atoms with Crippen LogP contribution in [0.15, 0.2) is 75.9 Å². The molecule has 140 valence electrons. The molecule has 6 nitrogen and oxygen atoms in total. The van der Waals surface area contributed by atoms with Crippen molar-refractivity contribution in [2.75, 3.05) is 4.90 Å². The third-order valence-electron chi connectivity index (χ3n) is 4.75. The van der Waals surface area contributed by atoms with E-state index in [4.69, 9.17) is 4.42 Å². The lowest BCUT2D eigenvalue weighted by Gasteiger charge is -2.13. The summed E-state index contributed by atoms with van der Waals surface area (Å²) in [7, 11) is 0. The number of carbonyl (C=O) groups is 2. The lowest BCUT2D eigenvalue weighted by Crippen LogP contribution is -2.29. The molecule has 0 unspecified atom stereocenters. The zero-order valence-corrected chi connectivity index (χ0v) is 14.8. The maximum atomic E-state index is 13.2. The van der Waals surface area contributed by atoms with Crippen LogP contribution in [-0.2, 0) is 0 Å². The van der Waals surface area contributed by atoms with Gasteiger partial charge in [-0.15, -0.1) is 0 Å². The molecule has 4 aromatic rings. The van der Waals surface area contributed by atoms with Gasteiger partial charge in [0.25, 0.3) is 11.8 Å². The number of amides is 2. The number of anilines is 1. The van der Waals surface area contributed by atoms with Gasteiger partial charge in [0.05, 0.1) is 27.7 Å². The zero-order valence-electron chi connectivity index (χ0n) is 14.8. The Morgan fingerprint density at radius 3 is 2.34 bits per heavy atom. The molecule has 0 N–H and O–H groups in total. The van der Waals surface area contributed by atoms with Crippen LogP contribution in [-0.4, -0.2) is 16.8 Å². The summed E-state index contributed by atoms with van der Waals surface area (Å²) in [5.41, 5.74) is 0.972. The first-order valence-electron chi connectivity index (χ1n) is 8.71. The molecule has 0 spiro atoms. The van der Waals surface area contributed by atoms with Gasteiger partial charge in [-0.05, 0) is 54.6 Å². The van der Waals surface area contributed by atoms with Crippen LogP contribution in [0.4, 0.5) is 10.1 Å². The third kappa shape index (κ3) is 2.63. The molecule has 0 radical (unpaired) electrons. The van der Waals surface area contributed by atoms with Gasteiger partial charge in [-0.3, -0.25) is 9.59 Å². The average Bonchev–Trinajstić information content (AvgIpc) is 2.99. The molecule has 2 heterocycles. The number of hydrogen-bond acceptors (Lipinski definition) is 5. The lowest BCUT2D eigenvalue weighted by atomic mass is 10.1. The molecule has 5 rings (SSSR count). The van der Waals surface area contributed by atoms with Crippen LogP contribution in [0.2, 0.25) is 0 Å². The van der Waals surface area contributed by atoms with Crippen LogP contribution in [0, 0.1) is 5.82 Å². The third-order valence-corrected chi connectivity index (χ3v) is 4.75. The Morgan fingerprint density at radius 2 is 1.55 bits per heavy atom. The summed E-state index contributed by atoms with van der Waals surface area (Å²) in [6, 6.07) is 16.4. The summed E-state index contributed by atoms with van der Waals surface area (Å²) in [5.74, 6) is -1.46. The van der Waals surface area contributed by atoms with Crippen molar-refractivity contribution >= 4 is 28.4 Å². The van der Waals surface area contributed by atoms with E-state index in [0.717, 1.165) is 4.90 Å². The van der Waals surface area contributed by atoms with E-state index in [2.05, 4.69) is 4.98 Å². The number of fused-ring (bicyclic) bond motifs is 2. The van der Waals surface area contributed by atoms with E-state index < -0.39 is 23.3 Å². The molecule has 29 heavy (non-hydrogen) atoms. The van der Waals surface area contributed by atoms with Gasteiger partial charge in [-0.1, -0.05) is 12.1 Å². The highest BCUT2D eigenvalue weighted by Gasteiger charge is 2.37. The predicted molar refractivity (Wildman–Crippen MR) is 103 cm³/mol. The van der Waals surface area contributed by atoms with E-state index in [9.17, 15) is 18.8 Å². The van der Waals surface area contributed by atoms with Crippen LogP contribution in [0.1, 0.15) is 20.7 Å². The molecule has 0 aliphatic carbocycles. The fraction of sp³-hybridized carbons (Fsp3) is 0. The smallest absolute Gasteiger partial charge is 0.347 e. The summed E-state index contributed by atoms with van der Waals surface area (Å²) in [6.45, 7) is 0. The van der Waals surface area contributed by atoms with Crippen LogP contribution < -0.4 is 10.5 Å². The van der Waals surface area contributed by atoms with Crippen LogP contribution >= 0.6 is 0 Å². The van der Waals surface area contributed by atoms with E-state index in [1.807, 2.05) is 0 Å². The van der Waals surface area contributed by atoms with Crippen molar-refractivity contribution in [2.45, 2.75) is 0 Å². The molecule has 1 aromatic heterocycles. The maximum absolute atomic E-state index is 13.2. The number of rotatable bonds is 2. The van der Waals surface area contributed by atoms with Gasteiger partial charge in [-0.2, -0.15) is 0 Å². The molecule has 0 saturated heterocycles. The first-order chi connectivity index (χ1) is 14.0. The van der Waals surface area contributed by atoms with E-state index in [-0.39, 0.29) is 22.7 Å². The fourth-order valence-electron chi connectivity index (χ4n) is 3.34. The zero-order chi connectivity index (χ0) is 20.1. The number of carbonyl (C=O) groups excluding carboxylic acids is 2. The Hall–Kier alpha value is -4.13. The van der Waals surface area contributed by atoms with Crippen molar-refractivity contribution < 1.29 is 18.4 Å². The first kappa shape index (κ1) is 17.0. The van der Waals surface area contributed by atoms with Crippen molar-refractivity contribution in [2.24, 2.45) is 0 Å². The van der Waals surface area contributed by atoms with Crippen LogP contribution in [0.25, 0.3) is 22.4 Å². The minimum absolute atomic E-state index is 0.0528. The fourth-order valence-corrected chi connectivity index (χ4v) is 3.34. The second-order valence-corrected chi connectivity index (χ2v) is 6.51. The largest absolute Gasteiger partial charge is 0.403 e.